The molecule has 0 spiro atoms. The number of piperazine rings is 1. The summed E-state index contributed by atoms with van der Waals surface area (Å²) in [6.07, 6.45) is 2.56. The predicted molar refractivity (Wildman–Crippen MR) is 120 cm³/mol. The maximum Gasteiger partial charge on any atom is 0.0678 e. The van der Waals surface area contributed by atoms with Crippen LogP contribution < -0.4 is 0 Å². The molecule has 3 aliphatic carbocycles. The van der Waals surface area contributed by atoms with Gasteiger partial charge in [-0.1, -0.05) is 41.9 Å². The molecule has 0 aromatic heterocycles. The summed E-state index contributed by atoms with van der Waals surface area (Å²) >= 11 is 6.44. The molecule has 0 saturated carbocycles. The third-order valence-electron chi connectivity index (χ3n) is 7.55. The Bertz CT molecular complexity index is 912. The van der Waals surface area contributed by atoms with E-state index in [0.29, 0.717) is 12.5 Å². The van der Waals surface area contributed by atoms with Crippen molar-refractivity contribution < 1.29 is 10.2 Å². The summed E-state index contributed by atoms with van der Waals surface area (Å²) in [6, 6.07) is 15.2. The van der Waals surface area contributed by atoms with Gasteiger partial charge in [0.05, 0.1) is 12.7 Å². The maximum atomic E-state index is 11.2. The molecule has 3 unspecified atom stereocenters. The van der Waals surface area contributed by atoms with Gasteiger partial charge in [-0.15, -0.1) is 0 Å². The van der Waals surface area contributed by atoms with Crippen LogP contribution in [0.4, 0.5) is 0 Å². The number of benzene rings is 2. The van der Waals surface area contributed by atoms with Crippen molar-refractivity contribution in [3.05, 3.63) is 69.7 Å². The highest BCUT2D eigenvalue weighted by atomic mass is 35.5. The molecule has 6 rings (SSSR count). The molecule has 1 aliphatic heterocycles. The second kappa shape index (κ2) is 8.25. The van der Waals surface area contributed by atoms with Crippen molar-refractivity contribution in [1.29, 1.82) is 0 Å². The Labute approximate surface area is 184 Å². The SMILES string of the molecule is OCCN1CCN(CC(O)CC23CCC(c4ccccc42)c2ccc(Cl)cc23)CC1. The molecular formula is C25H31ClN2O2. The molecule has 4 nitrogen and oxygen atoms in total. The first-order valence-corrected chi connectivity index (χ1v) is 11.6. The molecule has 0 amide bonds. The van der Waals surface area contributed by atoms with Crippen LogP contribution in [0.25, 0.3) is 0 Å². The van der Waals surface area contributed by atoms with Crippen molar-refractivity contribution in [3.8, 4) is 0 Å². The van der Waals surface area contributed by atoms with E-state index in [9.17, 15) is 5.11 Å². The molecule has 5 heteroatoms. The number of fused-ring (bicyclic) bond motifs is 1. The normalized spacial score (nSPS) is 27.0. The predicted octanol–water partition coefficient (Wildman–Crippen LogP) is 3.23. The Morgan fingerprint density at radius 3 is 2.53 bits per heavy atom. The summed E-state index contributed by atoms with van der Waals surface area (Å²) in [5.74, 6) is 0.451. The minimum absolute atomic E-state index is 0.149. The van der Waals surface area contributed by atoms with E-state index < -0.39 is 0 Å². The lowest BCUT2D eigenvalue weighted by Gasteiger charge is -2.50. The van der Waals surface area contributed by atoms with Crippen LogP contribution in [0.3, 0.4) is 0 Å². The zero-order valence-electron chi connectivity index (χ0n) is 17.4. The van der Waals surface area contributed by atoms with E-state index in [1.54, 1.807) is 0 Å². The van der Waals surface area contributed by atoms with Crippen molar-refractivity contribution in [2.24, 2.45) is 0 Å². The second-order valence-corrected chi connectivity index (χ2v) is 9.65. The molecule has 30 heavy (non-hydrogen) atoms. The fourth-order valence-electron chi connectivity index (χ4n) is 6.19. The molecule has 3 atom stereocenters. The highest BCUT2D eigenvalue weighted by molar-refractivity contribution is 6.30. The quantitative estimate of drug-likeness (QED) is 0.744. The van der Waals surface area contributed by atoms with Crippen LogP contribution in [-0.4, -0.2) is 72.0 Å². The van der Waals surface area contributed by atoms with Gasteiger partial charge in [0.15, 0.2) is 0 Å². The van der Waals surface area contributed by atoms with Gasteiger partial charge in [-0.3, -0.25) is 9.80 Å². The van der Waals surface area contributed by atoms with Crippen molar-refractivity contribution in [2.45, 2.75) is 36.7 Å². The lowest BCUT2D eigenvalue weighted by Crippen LogP contribution is -2.50. The highest BCUT2D eigenvalue weighted by Crippen LogP contribution is 2.58. The van der Waals surface area contributed by atoms with E-state index in [0.717, 1.165) is 57.0 Å². The zero-order chi connectivity index (χ0) is 20.7. The Kier molecular flexibility index (Phi) is 5.63. The molecule has 1 heterocycles. The van der Waals surface area contributed by atoms with Gasteiger partial charge in [0.25, 0.3) is 0 Å². The van der Waals surface area contributed by atoms with Crippen LogP contribution in [0.1, 0.15) is 47.4 Å². The summed E-state index contributed by atoms with van der Waals surface area (Å²) in [6.45, 7) is 5.48. The topological polar surface area (TPSA) is 46.9 Å². The van der Waals surface area contributed by atoms with Crippen molar-refractivity contribution in [1.82, 2.24) is 9.80 Å². The Hall–Kier alpha value is -1.43. The molecule has 1 fully saturated rings. The average Bonchev–Trinajstić information content (AvgIpc) is 2.76. The molecular weight excluding hydrogens is 396 g/mol. The Morgan fingerprint density at radius 1 is 1.00 bits per heavy atom. The van der Waals surface area contributed by atoms with Gasteiger partial charge < -0.3 is 10.2 Å². The molecule has 2 N–H and O–H groups in total. The van der Waals surface area contributed by atoms with Crippen LogP contribution >= 0.6 is 11.6 Å². The first-order chi connectivity index (χ1) is 14.6. The minimum atomic E-state index is -0.385. The van der Waals surface area contributed by atoms with E-state index in [2.05, 4.69) is 46.2 Å². The van der Waals surface area contributed by atoms with E-state index in [1.807, 2.05) is 6.07 Å². The Balaban J connectivity index is 1.40. The second-order valence-electron chi connectivity index (χ2n) is 9.22. The summed E-state index contributed by atoms with van der Waals surface area (Å²) in [4.78, 5) is 4.66. The lowest BCUT2D eigenvalue weighted by molar-refractivity contribution is 0.0516. The number of hydrogen-bond acceptors (Lipinski definition) is 4. The number of rotatable bonds is 6. The van der Waals surface area contributed by atoms with E-state index in [-0.39, 0.29) is 18.1 Å². The van der Waals surface area contributed by atoms with Gasteiger partial charge in [0.2, 0.25) is 0 Å². The summed E-state index contributed by atoms with van der Waals surface area (Å²) in [5, 5.41) is 21.2. The number of nitrogens with zero attached hydrogens (tertiary/aromatic N) is 2. The first-order valence-electron chi connectivity index (χ1n) is 11.2. The van der Waals surface area contributed by atoms with Gasteiger partial charge in [-0.25, -0.2) is 0 Å². The van der Waals surface area contributed by atoms with E-state index in [4.69, 9.17) is 16.7 Å². The molecule has 4 aliphatic rings. The first kappa shape index (κ1) is 20.5. The minimum Gasteiger partial charge on any atom is -0.395 e. The van der Waals surface area contributed by atoms with Crippen molar-refractivity contribution >= 4 is 11.6 Å². The maximum absolute atomic E-state index is 11.2. The fourth-order valence-corrected chi connectivity index (χ4v) is 6.36. The summed E-state index contributed by atoms with van der Waals surface area (Å²) in [7, 11) is 0. The van der Waals surface area contributed by atoms with Crippen LogP contribution in [-0.2, 0) is 5.41 Å². The number of hydrogen-bond donors (Lipinski definition) is 2. The van der Waals surface area contributed by atoms with Crippen LogP contribution in [0, 0.1) is 0 Å². The summed E-state index contributed by atoms with van der Waals surface area (Å²) in [5.41, 5.74) is 5.40. The largest absolute Gasteiger partial charge is 0.395 e. The molecule has 160 valence electrons. The highest BCUT2D eigenvalue weighted by Gasteiger charge is 2.49. The average molecular weight is 427 g/mol. The van der Waals surface area contributed by atoms with Crippen molar-refractivity contribution in [3.63, 3.8) is 0 Å². The zero-order valence-corrected chi connectivity index (χ0v) is 18.2. The van der Waals surface area contributed by atoms with Crippen LogP contribution in [0.5, 0.6) is 0 Å². The van der Waals surface area contributed by atoms with E-state index in [1.165, 1.54) is 22.3 Å². The molecule has 2 aromatic rings. The monoisotopic (exact) mass is 426 g/mol. The van der Waals surface area contributed by atoms with Crippen LogP contribution in [0.15, 0.2) is 42.5 Å². The van der Waals surface area contributed by atoms with Crippen LogP contribution in [0.2, 0.25) is 5.02 Å². The fraction of sp³-hybridized carbons (Fsp3) is 0.520. The smallest absolute Gasteiger partial charge is 0.0678 e. The molecule has 2 bridgehead atoms. The third kappa shape index (κ3) is 3.49. The molecule has 0 radical (unpaired) electrons. The standard InChI is InChI=1S/C25H31ClN2O2/c26-18-5-6-22-20-7-8-25(24(22)15-18,23-4-2-1-3-21(20)23)16-19(30)17-28-11-9-27(10-12-28)13-14-29/h1-6,15,19-20,29-30H,7-14,16-17H2. The van der Waals surface area contributed by atoms with E-state index >= 15 is 0 Å². The summed E-state index contributed by atoms with van der Waals surface area (Å²) < 4.78 is 0. The number of halogens is 1. The number of aliphatic hydroxyl groups excluding tert-OH is 2. The van der Waals surface area contributed by atoms with Gasteiger partial charge in [-0.2, -0.15) is 0 Å². The lowest BCUT2D eigenvalue weighted by atomic mass is 9.53. The van der Waals surface area contributed by atoms with Gasteiger partial charge in [0, 0.05) is 55.6 Å². The van der Waals surface area contributed by atoms with Gasteiger partial charge in [-0.05, 0) is 53.6 Å². The van der Waals surface area contributed by atoms with Crippen molar-refractivity contribution in [2.75, 3.05) is 45.9 Å². The molecule has 2 aromatic carbocycles. The number of aliphatic hydroxyl groups is 2. The number of β-amino-alcohol motifs (C(OH)–C–C–N with tert-alkyl or cyclic N) is 2. The Morgan fingerprint density at radius 2 is 1.73 bits per heavy atom. The third-order valence-corrected chi connectivity index (χ3v) is 7.79. The van der Waals surface area contributed by atoms with Gasteiger partial charge in [0.1, 0.15) is 0 Å². The molecule has 1 saturated heterocycles. The van der Waals surface area contributed by atoms with Gasteiger partial charge >= 0.3 is 0 Å².